The number of benzene rings is 3. The van der Waals surface area contributed by atoms with Gasteiger partial charge in [-0.1, -0.05) is 36.7 Å². The highest BCUT2D eigenvalue weighted by Crippen LogP contribution is 2.36. The molecular weight excluding hydrogens is 846 g/mol. The fourth-order valence-corrected chi connectivity index (χ4v) is 9.84. The molecule has 2 fully saturated rings. The van der Waals surface area contributed by atoms with Crippen LogP contribution in [0.25, 0.3) is 16.9 Å². The Hall–Kier alpha value is -7.33. The van der Waals surface area contributed by atoms with Crippen molar-refractivity contribution in [1.82, 2.24) is 34.5 Å². The lowest BCUT2D eigenvalue weighted by Crippen LogP contribution is -2.52. The first-order valence-electron chi connectivity index (χ1n) is 21.9. The molecule has 0 radical (unpaired) electrons. The van der Waals surface area contributed by atoms with E-state index in [9.17, 15) is 24.0 Å². The van der Waals surface area contributed by atoms with E-state index in [-0.39, 0.29) is 42.7 Å². The van der Waals surface area contributed by atoms with Gasteiger partial charge in [-0.15, -0.1) is 6.58 Å². The van der Waals surface area contributed by atoms with Gasteiger partial charge in [-0.05, 0) is 91.9 Å². The fourth-order valence-electron chi connectivity index (χ4n) is 9.54. The molecule has 17 heteroatoms. The van der Waals surface area contributed by atoms with E-state index < -0.39 is 11.9 Å². The number of imide groups is 1. The third-order valence-corrected chi connectivity index (χ3v) is 13.3. The molecule has 330 valence electrons. The Balaban J connectivity index is 0.779. The Morgan fingerprint density at radius 3 is 2.49 bits per heavy atom. The second-order valence-corrected chi connectivity index (χ2v) is 17.2. The maximum absolute atomic E-state index is 13.5. The summed E-state index contributed by atoms with van der Waals surface area (Å²) in [4.78, 5) is 84.9. The number of aryl methyl sites for hydroxylation is 1. The minimum absolute atomic E-state index is 0.140. The Bertz CT molecular complexity index is 2990. The smallest absolute Gasteiger partial charge is 0.278 e. The summed E-state index contributed by atoms with van der Waals surface area (Å²) in [5, 5.41) is 9.42. The number of carbonyl (C=O) groups excluding carboxylic acids is 4. The van der Waals surface area contributed by atoms with Gasteiger partial charge >= 0.3 is 0 Å². The van der Waals surface area contributed by atoms with E-state index in [0.29, 0.717) is 75.8 Å². The molecule has 0 saturated carbocycles. The van der Waals surface area contributed by atoms with E-state index in [1.807, 2.05) is 24.3 Å². The predicted molar refractivity (Wildman–Crippen MR) is 249 cm³/mol. The molecule has 1 aliphatic carbocycles. The van der Waals surface area contributed by atoms with Gasteiger partial charge in [-0.2, -0.15) is 4.98 Å². The Morgan fingerprint density at radius 1 is 0.938 bits per heavy atom. The number of allylic oxidation sites excluding steroid dienone is 1. The molecule has 16 nitrogen and oxygen atoms in total. The van der Waals surface area contributed by atoms with Crippen molar-refractivity contribution in [2.45, 2.75) is 64.1 Å². The molecule has 4 aliphatic rings. The van der Waals surface area contributed by atoms with Crippen LogP contribution in [0.2, 0.25) is 5.02 Å². The minimum Gasteiger partial charge on any atom is -0.368 e. The number of anilines is 5. The molecule has 6 aromatic rings. The lowest BCUT2D eigenvalue weighted by Gasteiger charge is -2.37. The van der Waals surface area contributed by atoms with Crippen molar-refractivity contribution in [2.75, 3.05) is 46.6 Å². The number of nitrogens with one attached hydrogen (secondary N) is 3. The highest BCUT2D eigenvalue weighted by atomic mass is 35.5. The first kappa shape index (κ1) is 41.7. The third kappa shape index (κ3) is 7.66. The molecule has 4 amide bonds. The van der Waals surface area contributed by atoms with Crippen LogP contribution < -0.4 is 31.3 Å². The first-order valence-corrected chi connectivity index (χ1v) is 22.3. The van der Waals surface area contributed by atoms with Crippen molar-refractivity contribution >= 4 is 75.0 Å². The van der Waals surface area contributed by atoms with Gasteiger partial charge in [0.2, 0.25) is 17.8 Å². The van der Waals surface area contributed by atoms with E-state index in [1.165, 1.54) is 10.5 Å². The maximum atomic E-state index is 13.5. The highest BCUT2D eigenvalue weighted by Gasteiger charge is 2.40. The lowest BCUT2D eigenvalue weighted by atomic mass is 10.0. The number of hydrogen-bond donors (Lipinski definition) is 3. The number of amides is 4. The van der Waals surface area contributed by atoms with Crippen molar-refractivity contribution in [3.8, 4) is 5.82 Å². The van der Waals surface area contributed by atoms with Gasteiger partial charge in [0.05, 0.1) is 17.3 Å². The van der Waals surface area contributed by atoms with Gasteiger partial charge in [-0.3, -0.25) is 29.3 Å². The molecule has 6 heterocycles. The second kappa shape index (κ2) is 17.0. The van der Waals surface area contributed by atoms with Crippen LogP contribution in [0.5, 0.6) is 0 Å². The molecular formula is C48H46ClN11O5. The van der Waals surface area contributed by atoms with Gasteiger partial charge in [0.25, 0.3) is 17.4 Å². The van der Waals surface area contributed by atoms with Crippen molar-refractivity contribution in [1.29, 1.82) is 0 Å². The number of fused-ring (bicyclic) bond motifs is 3. The largest absolute Gasteiger partial charge is 0.368 e. The van der Waals surface area contributed by atoms with Crippen molar-refractivity contribution in [3.05, 3.63) is 135 Å². The second-order valence-electron chi connectivity index (χ2n) is 16.8. The van der Waals surface area contributed by atoms with E-state index in [4.69, 9.17) is 21.6 Å². The minimum atomic E-state index is -0.754. The van der Waals surface area contributed by atoms with E-state index >= 15 is 0 Å². The van der Waals surface area contributed by atoms with Crippen LogP contribution in [0.3, 0.4) is 0 Å². The first-order chi connectivity index (χ1) is 31.6. The summed E-state index contributed by atoms with van der Waals surface area (Å²) < 4.78 is 3.38. The zero-order valence-electron chi connectivity index (χ0n) is 35.7. The van der Waals surface area contributed by atoms with E-state index in [2.05, 4.69) is 62.4 Å². The summed E-state index contributed by atoms with van der Waals surface area (Å²) in [6, 6.07) is 21.7. The van der Waals surface area contributed by atoms with Crippen LogP contribution in [-0.2, 0) is 29.1 Å². The Kier molecular flexibility index (Phi) is 10.9. The maximum Gasteiger partial charge on any atom is 0.278 e. The monoisotopic (exact) mass is 891 g/mol. The molecule has 0 bridgehead atoms. The number of hydrogen-bond acceptors (Lipinski definition) is 11. The molecule has 2 atom stereocenters. The summed E-state index contributed by atoms with van der Waals surface area (Å²) in [5.74, 6) is -0.142. The van der Waals surface area contributed by atoms with Gasteiger partial charge in [-0.25, -0.2) is 19.3 Å². The van der Waals surface area contributed by atoms with Crippen LogP contribution in [0.1, 0.15) is 76.1 Å². The normalized spacial score (nSPS) is 18.2. The molecule has 3 aromatic heterocycles. The number of piperidine rings is 1. The van der Waals surface area contributed by atoms with Gasteiger partial charge in [0, 0.05) is 90.7 Å². The molecule has 2 saturated heterocycles. The summed E-state index contributed by atoms with van der Waals surface area (Å²) in [7, 11) is 0. The zero-order valence-corrected chi connectivity index (χ0v) is 36.5. The molecule has 10 rings (SSSR count). The fraction of sp³-hybridized carbons (Fsp3) is 0.292. The van der Waals surface area contributed by atoms with Crippen molar-refractivity contribution < 1.29 is 19.2 Å². The van der Waals surface area contributed by atoms with E-state index in [1.54, 1.807) is 52.0 Å². The molecule has 65 heavy (non-hydrogen) atoms. The molecule has 3 aromatic carbocycles. The number of nitrogens with zero attached hydrogens (tertiary/aromatic N) is 8. The molecule has 3 N–H and O–H groups in total. The Labute approximate surface area is 378 Å². The summed E-state index contributed by atoms with van der Waals surface area (Å²) in [5.41, 5.74) is 7.16. The summed E-state index contributed by atoms with van der Waals surface area (Å²) in [6.45, 7) is 9.39. The number of aromatic nitrogens is 5. The number of piperazine rings is 1. The highest BCUT2D eigenvalue weighted by molar-refractivity contribution is 6.33. The molecule has 3 aliphatic heterocycles. The SMILES string of the molecule is C=CCn1c(=O)c2cnc(Nc3ccc(N4CCN(c5ccc(C(=O)Nc6cccc7c6CN(C6CCC(=O)NC6=O)C7=O)cc5Cl)CC4)cc3)nc2n1-c1ccc2c(n1)[C@@H](CC)CC2. The van der Waals surface area contributed by atoms with Crippen LogP contribution in [0.15, 0.2) is 96.4 Å². The topological polar surface area (TPSA) is 180 Å². The molecule has 1 unspecified atom stereocenters. The molecule has 0 spiro atoms. The van der Waals surface area contributed by atoms with Crippen LogP contribution in [0.4, 0.5) is 28.7 Å². The standard InChI is InChI=1S/C48H46ClN11O5/c1-3-20-59-47(65)34-26-50-48(55-43(34)60(59)40-18-11-29-9-8-28(4-2)42(29)53-40)51-31-12-14-32(15-13-31)56-21-23-57(24-22-56)38-16-10-30(25-36(38)49)44(62)52-37-7-5-6-33-35(37)27-58(46(33)64)39-17-19-41(61)54-45(39)63/h3,5-7,10-16,18,25-26,28,39H,1,4,8-9,17,19-24,27H2,2H3,(H,52,62)(H,50,51,55)(H,54,61,63)/t28-,39?/m0/s1. The lowest BCUT2D eigenvalue weighted by molar-refractivity contribution is -0.136. The van der Waals surface area contributed by atoms with Crippen molar-refractivity contribution in [3.63, 3.8) is 0 Å². The van der Waals surface area contributed by atoms with E-state index in [0.717, 1.165) is 55.1 Å². The predicted octanol–water partition coefficient (Wildman–Crippen LogP) is 6.34. The van der Waals surface area contributed by atoms with Crippen LogP contribution in [0, 0.1) is 0 Å². The summed E-state index contributed by atoms with van der Waals surface area (Å²) in [6.07, 6.45) is 6.76. The van der Waals surface area contributed by atoms with Crippen LogP contribution in [-0.4, -0.2) is 85.1 Å². The summed E-state index contributed by atoms with van der Waals surface area (Å²) >= 11 is 6.82. The number of rotatable bonds is 11. The van der Waals surface area contributed by atoms with Crippen molar-refractivity contribution in [2.24, 2.45) is 0 Å². The quantitative estimate of drug-likeness (QED) is 0.0977. The third-order valence-electron chi connectivity index (χ3n) is 13.0. The Morgan fingerprint density at radius 2 is 1.74 bits per heavy atom. The number of carbonyl (C=O) groups is 4. The average molecular weight is 892 g/mol. The number of halogens is 1. The van der Waals surface area contributed by atoms with Gasteiger partial charge < -0.3 is 25.3 Å². The van der Waals surface area contributed by atoms with Crippen LogP contribution >= 0.6 is 11.6 Å². The average Bonchev–Trinajstić information content (AvgIpc) is 3.97. The number of pyridine rings is 1. The van der Waals surface area contributed by atoms with Gasteiger partial charge in [0.15, 0.2) is 11.5 Å². The zero-order chi connectivity index (χ0) is 44.9. The van der Waals surface area contributed by atoms with Gasteiger partial charge in [0.1, 0.15) is 11.4 Å².